The van der Waals surface area contributed by atoms with Gasteiger partial charge >= 0.3 is 6.18 Å². The van der Waals surface area contributed by atoms with Gasteiger partial charge in [0.05, 0.1) is 6.54 Å². The molecule has 0 aromatic carbocycles. The van der Waals surface area contributed by atoms with Gasteiger partial charge in [0, 0.05) is 25.7 Å². The van der Waals surface area contributed by atoms with Crippen LogP contribution in [0.1, 0.15) is 24.5 Å². The van der Waals surface area contributed by atoms with E-state index in [-0.39, 0.29) is 12.6 Å². The second-order valence-electron chi connectivity index (χ2n) is 5.20. The second kappa shape index (κ2) is 4.45. The normalized spacial score (nSPS) is 22.3. The minimum absolute atomic E-state index is 0.264. The molecule has 1 aromatic heterocycles. The largest absolute Gasteiger partial charge is 0.451 e. The molecular formula is C11H16F3N5. The van der Waals surface area contributed by atoms with Gasteiger partial charge in [-0.3, -0.25) is 4.90 Å². The van der Waals surface area contributed by atoms with Crippen LogP contribution < -0.4 is 5.73 Å². The summed E-state index contributed by atoms with van der Waals surface area (Å²) in [5, 5.41) is 6.96. The first kappa shape index (κ1) is 12.9. The zero-order chi connectivity index (χ0) is 13.6. The quantitative estimate of drug-likeness (QED) is 0.888. The highest BCUT2D eigenvalue weighted by Gasteiger charge is 2.41. The predicted molar refractivity (Wildman–Crippen MR) is 61.0 cm³/mol. The van der Waals surface area contributed by atoms with Crippen LogP contribution >= 0.6 is 0 Å². The average Bonchev–Trinajstić information content (AvgIpc) is 3.07. The SMILES string of the molecule is NCC(C1CC1)N1CCn2c(nnc2C(F)(F)F)C1. The van der Waals surface area contributed by atoms with E-state index in [4.69, 9.17) is 5.73 Å². The van der Waals surface area contributed by atoms with Crippen molar-refractivity contribution in [3.8, 4) is 0 Å². The van der Waals surface area contributed by atoms with Crippen LogP contribution in [0, 0.1) is 5.92 Å². The molecule has 5 nitrogen and oxygen atoms in total. The first-order chi connectivity index (χ1) is 9.00. The molecule has 1 aromatic rings. The molecule has 1 atom stereocenters. The van der Waals surface area contributed by atoms with Crippen LogP contribution in [0.25, 0.3) is 0 Å². The van der Waals surface area contributed by atoms with E-state index in [2.05, 4.69) is 15.1 Å². The Balaban J connectivity index is 1.79. The summed E-state index contributed by atoms with van der Waals surface area (Å²) in [5.41, 5.74) is 5.77. The van der Waals surface area contributed by atoms with Gasteiger partial charge in [0.1, 0.15) is 5.82 Å². The molecule has 8 heteroatoms. The van der Waals surface area contributed by atoms with Crippen molar-refractivity contribution in [1.29, 1.82) is 0 Å². The van der Waals surface area contributed by atoms with Crippen LogP contribution in [0.15, 0.2) is 0 Å². The molecule has 1 aliphatic heterocycles. The summed E-state index contributed by atoms with van der Waals surface area (Å²) in [7, 11) is 0. The van der Waals surface area contributed by atoms with E-state index in [0.717, 1.165) is 0 Å². The van der Waals surface area contributed by atoms with Gasteiger partial charge in [0.15, 0.2) is 0 Å². The van der Waals surface area contributed by atoms with Crippen molar-refractivity contribution in [2.75, 3.05) is 13.1 Å². The lowest BCUT2D eigenvalue weighted by molar-refractivity contribution is -0.148. The van der Waals surface area contributed by atoms with Crippen molar-refractivity contribution in [1.82, 2.24) is 19.7 Å². The Bertz CT molecular complexity index is 465. The molecule has 1 aliphatic carbocycles. The topological polar surface area (TPSA) is 60.0 Å². The van der Waals surface area contributed by atoms with Gasteiger partial charge in [-0.05, 0) is 18.8 Å². The zero-order valence-electron chi connectivity index (χ0n) is 10.4. The van der Waals surface area contributed by atoms with Gasteiger partial charge < -0.3 is 10.3 Å². The van der Waals surface area contributed by atoms with Gasteiger partial charge in [-0.25, -0.2) is 0 Å². The van der Waals surface area contributed by atoms with Crippen molar-refractivity contribution in [2.24, 2.45) is 11.7 Å². The number of nitrogens with two attached hydrogens (primary N) is 1. The van der Waals surface area contributed by atoms with Gasteiger partial charge in [-0.15, -0.1) is 10.2 Å². The van der Waals surface area contributed by atoms with Crippen LogP contribution in [0.5, 0.6) is 0 Å². The molecule has 106 valence electrons. The van der Waals surface area contributed by atoms with Crippen LogP contribution in [-0.2, 0) is 19.3 Å². The maximum Gasteiger partial charge on any atom is 0.451 e. The molecule has 0 amide bonds. The Morgan fingerprint density at radius 1 is 1.26 bits per heavy atom. The first-order valence-electron chi connectivity index (χ1n) is 6.44. The smallest absolute Gasteiger partial charge is 0.329 e. The summed E-state index contributed by atoms with van der Waals surface area (Å²) in [5.74, 6) is 0.0945. The standard InChI is InChI=1S/C11H16F3N5/c12-11(13,14)10-17-16-9-6-18(3-4-19(9)10)8(5-15)7-1-2-7/h7-8H,1-6,15H2. The molecule has 2 heterocycles. The zero-order valence-corrected chi connectivity index (χ0v) is 10.4. The fourth-order valence-electron chi connectivity index (χ4n) is 2.79. The summed E-state index contributed by atoms with van der Waals surface area (Å²) < 4.78 is 39.3. The van der Waals surface area contributed by atoms with Gasteiger partial charge in [-0.1, -0.05) is 0 Å². The Kier molecular flexibility index (Phi) is 3.01. The maximum atomic E-state index is 12.7. The molecule has 0 spiro atoms. The van der Waals surface area contributed by atoms with E-state index in [1.165, 1.54) is 17.4 Å². The predicted octanol–water partition coefficient (Wildman–Crippen LogP) is 0.850. The number of fused-ring (bicyclic) bond motifs is 1. The van der Waals surface area contributed by atoms with E-state index in [9.17, 15) is 13.2 Å². The third kappa shape index (κ3) is 2.34. The van der Waals surface area contributed by atoms with Gasteiger partial charge in [-0.2, -0.15) is 13.2 Å². The lowest BCUT2D eigenvalue weighted by Gasteiger charge is -2.34. The highest BCUT2D eigenvalue weighted by atomic mass is 19.4. The minimum atomic E-state index is -4.43. The molecule has 0 bridgehead atoms. The third-order valence-electron chi connectivity index (χ3n) is 3.91. The highest BCUT2D eigenvalue weighted by Crippen LogP contribution is 2.36. The molecule has 2 N–H and O–H groups in total. The van der Waals surface area contributed by atoms with Crippen LogP contribution in [-0.4, -0.2) is 38.8 Å². The fraction of sp³-hybridized carbons (Fsp3) is 0.818. The number of aromatic nitrogens is 3. The van der Waals surface area contributed by atoms with Crippen LogP contribution in [0.3, 0.4) is 0 Å². The monoisotopic (exact) mass is 275 g/mol. The lowest BCUT2D eigenvalue weighted by Crippen LogP contribution is -2.46. The summed E-state index contributed by atoms with van der Waals surface area (Å²) in [4.78, 5) is 2.14. The highest BCUT2D eigenvalue weighted by molar-refractivity contribution is 5.03. The van der Waals surface area contributed by atoms with Crippen molar-refractivity contribution in [2.45, 2.75) is 38.1 Å². The van der Waals surface area contributed by atoms with Crippen molar-refractivity contribution in [3.63, 3.8) is 0 Å². The van der Waals surface area contributed by atoms with Crippen molar-refractivity contribution < 1.29 is 13.2 Å². The van der Waals surface area contributed by atoms with Crippen molar-refractivity contribution >= 4 is 0 Å². The van der Waals surface area contributed by atoms with E-state index in [0.29, 0.717) is 31.4 Å². The summed E-state index contributed by atoms with van der Waals surface area (Å²) in [6.45, 7) is 1.80. The minimum Gasteiger partial charge on any atom is -0.329 e. The Hall–Kier alpha value is -1.15. The fourth-order valence-corrected chi connectivity index (χ4v) is 2.79. The third-order valence-corrected chi connectivity index (χ3v) is 3.91. The molecule has 3 rings (SSSR count). The molecular weight excluding hydrogens is 259 g/mol. The van der Waals surface area contributed by atoms with Crippen LogP contribution in [0.2, 0.25) is 0 Å². The summed E-state index contributed by atoms with van der Waals surface area (Å²) in [6.07, 6.45) is -2.10. The number of halogens is 3. The molecule has 1 saturated carbocycles. The molecule has 2 aliphatic rings. The maximum absolute atomic E-state index is 12.7. The molecule has 1 unspecified atom stereocenters. The lowest BCUT2D eigenvalue weighted by atomic mass is 10.1. The number of hydrogen-bond donors (Lipinski definition) is 1. The molecule has 0 saturated heterocycles. The van der Waals surface area contributed by atoms with E-state index in [1.54, 1.807) is 0 Å². The Labute approximate surface area is 108 Å². The first-order valence-corrected chi connectivity index (χ1v) is 6.44. The Morgan fingerprint density at radius 3 is 2.58 bits per heavy atom. The van der Waals surface area contributed by atoms with Gasteiger partial charge in [0.25, 0.3) is 0 Å². The molecule has 0 radical (unpaired) electrons. The summed E-state index contributed by atoms with van der Waals surface area (Å²) >= 11 is 0. The van der Waals surface area contributed by atoms with Gasteiger partial charge in [0.2, 0.25) is 5.82 Å². The molecule has 19 heavy (non-hydrogen) atoms. The van der Waals surface area contributed by atoms with E-state index >= 15 is 0 Å². The van der Waals surface area contributed by atoms with E-state index < -0.39 is 12.0 Å². The summed E-state index contributed by atoms with van der Waals surface area (Å²) in [6, 6.07) is 0.264. The Morgan fingerprint density at radius 2 is 2.00 bits per heavy atom. The number of nitrogens with zero attached hydrogens (tertiary/aromatic N) is 4. The number of hydrogen-bond acceptors (Lipinski definition) is 4. The van der Waals surface area contributed by atoms with E-state index in [1.807, 2.05) is 0 Å². The second-order valence-corrected chi connectivity index (χ2v) is 5.20. The van der Waals surface area contributed by atoms with Crippen LogP contribution in [0.4, 0.5) is 13.2 Å². The number of rotatable bonds is 3. The van der Waals surface area contributed by atoms with Crippen molar-refractivity contribution in [3.05, 3.63) is 11.6 Å². The molecule has 1 fully saturated rings. The number of alkyl halides is 3. The average molecular weight is 275 g/mol.